The molecule has 1 atom stereocenters. The maximum atomic E-state index is 10.8. The summed E-state index contributed by atoms with van der Waals surface area (Å²) in [6.07, 6.45) is 1.29. The van der Waals surface area contributed by atoms with Gasteiger partial charge in [-0.1, -0.05) is 13.8 Å². The van der Waals surface area contributed by atoms with Crippen molar-refractivity contribution < 1.29 is 9.90 Å². The highest BCUT2D eigenvalue weighted by Crippen LogP contribution is 2.50. The maximum absolute atomic E-state index is 10.8. The minimum absolute atomic E-state index is 0.436. The molecule has 1 aromatic heterocycles. The van der Waals surface area contributed by atoms with Crippen LogP contribution in [0.2, 0.25) is 0 Å². The van der Waals surface area contributed by atoms with E-state index >= 15 is 0 Å². The molecule has 2 N–H and O–H groups in total. The molecule has 3 nitrogen and oxygen atoms in total. The minimum atomic E-state index is -0.826. The molecule has 1 unspecified atom stereocenters. The number of rotatable bonds is 5. The van der Waals surface area contributed by atoms with Gasteiger partial charge >= 0.3 is 5.97 Å². The zero-order chi connectivity index (χ0) is 12.6. The van der Waals surface area contributed by atoms with Gasteiger partial charge in [0.1, 0.15) is 4.88 Å². The molecule has 1 aromatic rings. The third-order valence-corrected chi connectivity index (χ3v) is 4.74. The predicted octanol–water partition coefficient (Wildman–Crippen LogP) is 2.89. The van der Waals surface area contributed by atoms with Gasteiger partial charge in [0.05, 0.1) is 0 Å². The Morgan fingerprint density at radius 2 is 2.29 bits per heavy atom. The van der Waals surface area contributed by atoms with Crippen molar-refractivity contribution >= 4 is 17.3 Å². The Bertz CT molecular complexity index is 437. The Kier molecular flexibility index (Phi) is 3.27. The van der Waals surface area contributed by atoms with E-state index in [9.17, 15) is 4.79 Å². The predicted molar refractivity (Wildman–Crippen MR) is 69.6 cm³/mol. The van der Waals surface area contributed by atoms with E-state index in [1.807, 2.05) is 6.92 Å². The number of nitrogens with one attached hydrogen (secondary N) is 1. The fourth-order valence-corrected chi connectivity index (χ4v) is 2.99. The highest BCUT2D eigenvalue weighted by Gasteiger charge is 2.44. The van der Waals surface area contributed by atoms with Crippen molar-refractivity contribution in [3.63, 3.8) is 0 Å². The van der Waals surface area contributed by atoms with E-state index in [0.717, 1.165) is 29.4 Å². The largest absolute Gasteiger partial charge is 0.477 e. The van der Waals surface area contributed by atoms with Crippen LogP contribution in [0.5, 0.6) is 0 Å². The van der Waals surface area contributed by atoms with Gasteiger partial charge in [0, 0.05) is 11.4 Å². The molecular formula is C13H19NO2S. The second kappa shape index (κ2) is 4.42. The Morgan fingerprint density at radius 1 is 1.65 bits per heavy atom. The van der Waals surface area contributed by atoms with Crippen molar-refractivity contribution in [2.75, 3.05) is 6.54 Å². The summed E-state index contributed by atoms with van der Waals surface area (Å²) >= 11 is 1.36. The molecule has 1 aliphatic carbocycles. The van der Waals surface area contributed by atoms with Crippen LogP contribution in [0.15, 0.2) is 6.07 Å². The molecule has 1 aliphatic rings. The molecule has 0 spiro atoms. The monoisotopic (exact) mass is 253 g/mol. The zero-order valence-corrected chi connectivity index (χ0v) is 11.4. The fourth-order valence-electron chi connectivity index (χ4n) is 2.11. The smallest absolute Gasteiger partial charge is 0.345 e. The molecule has 1 fully saturated rings. The van der Waals surface area contributed by atoms with Crippen LogP contribution in [0, 0.1) is 18.3 Å². The number of aryl methyl sites for hydroxylation is 1. The van der Waals surface area contributed by atoms with Crippen molar-refractivity contribution in [1.82, 2.24) is 5.32 Å². The number of aromatic carboxylic acids is 1. The second-order valence-corrected chi connectivity index (χ2v) is 6.77. The third-order valence-electron chi connectivity index (χ3n) is 3.66. The lowest BCUT2D eigenvalue weighted by Gasteiger charge is -2.05. The van der Waals surface area contributed by atoms with Crippen LogP contribution < -0.4 is 5.32 Å². The van der Waals surface area contributed by atoms with Gasteiger partial charge in [0.15, 0.2) is 0 Å². The van der Waals surface area contributed by atoms with E-state index < -0.39 is 5.97 Å². The van der Waals surface area contributed by atoms with E-state index in [-0.39, 0.29) is 0 Å². The topological polar surface area (TPSA) is 49.3 Å². The molecule has 0 saturated heterocycles. The van der Waals surface area contributed by atoms with E-state index in [1.54, 1.807) is 6.07 Å². The first-order valence-electron chi connectivity index (χ1n) is 5.93. The first-order valence-corrected chi connectivity index (χ1v) is 6.75. The minimum Gasteiger partial charge on any atom is -0.477 e. The highest BCUT2D eigenvalue weighted by molar-refractivity contribution is 7.14. The summed E-state index contributed by atoms with van der Waals surface area (Å²) in [5, 5.41) is 12.3. The van der Waals surface area contributed by atoms with Crippen LogP contribution in [-0.2, 0) is 6.54 Å². The quantitative estimate of drug-likeness (QED) is 0.848. The molecule has 0 amide bonds. The molecule has 94 valence electrons. The SMILES string of the molecule is Cc1sc(C(=O)O)cc1CNCC1CC1(C)C. The van der Waals surface area contributed by atoms with Crippen molar-refractivity contribution in [3.05, 3.63) is 21.4 Å². The molecular weight excluding hydrogens is 234 g/mol. The lowest BCUT2D eigenvalue weighted by atomic mass is 10.1. The summed E-state index contributed by atoms with van der Waals surface area (Å²) in [4.78, 5) is 12.4. The summed E-state index contributed by atoms with van der Waals surface area (Å²) in [5.74, 6) is -0.0481. The second-order valence-electron chi connectivity index (χ2n) is 5.52. The first kappa shape index (κ1) is 12.6. The van der Waals surface area contributed by atoms with Crippen LogP contribution in [0.25, 0.3) is 0 Å². The van der Waals surface area contributed by atoms with Gasteiger partial charge in [-0.3, -0.25) is 0 Å². The van der Waals surface area contributed by atoms with Crippen LogP contribution in [0.4, 0.5) is 0 Å². The normalized spacial score (nSPS) is 21.5. The Morgan fingerprint density at radius 3 is 2.76 bits per heavy atom. The van der Waals surface area contributed by atoms with Crippen molar-refractivity contribution in [2.45, 2.75) is 33.7 Å². The van der Waals surface area contributed by atoms with Gasteiger partial charge in [-0.05, 0) is 42.9 Å². The van der Waals surface area contributed by atoms with Crippen LogP contribution in [0.3, 0.4) is 0 Å². The summed E-state index contributed by atoms with van der Waals surface area (Å²) in [6.45, 7) is 8.37. The lowest BCUT2D eigenvalue weighted by molar-refractivity contribution is 0.0702. The van der Waals surface area contributed by atoms with E-state index in [4.69, 9.17) is 5.11 Å². The molecule has 0 aromatic carbocycles. The van der Waals surface area contributed by atoms with Crippen molar-refractivity contribution in [3.8, 4) is 0 Å². The van der Waals surface area contributed by atoms with Gasteiger partial charge in [-0.2, -0.15) is 0 Å². The molecule has 4 heteroatoms. The van der Waals surface area contributed by atoms with Gasteiger partial charge in [-0.25, -0.2) is 4.79 Å². The molecule has 0 aliphatic heterocycles. The number of carboxylic acid groups (broad SMARTS) is 1. The average Bonchev–Trinajstić information content (AvgIpc) is 2.66. The van der Waals surface area contributed by atoms with Crippen LogP contribution in [-0.4, -0.2) is 17.6 Å². The molecule has 1 heterocycles. The Labute approximate surface area is 106 Å². The van der Waals surface area contributed by atoms with Gasteiger partial charge in [-0.15, -0.1) is 11.3 Å². The summed E-state index contributed by atoms with van der Waals surface area (Å²) in [7, 11) is 0. The average molecular weight is 253 g/mol. The molecule has 0 bridgehead atoms. The van der Waals surface area contributed by atoms with E-state index in [0.29, 0.717) is 10.3 Å². The summed E-state index contributed by atoms with van der Waals surface area (Å²) < 4.78 is 0. The highest BCUT2D eigenvalue weighted by atomic mass is 32.1. The first-order chi connectivity index (χ1) is 7.90. The molecule has 17 heavy (non-hydrogen) atoms. The maximum Gasteiger partial charge on any atom is 0.345 e. The number of hydrogen-bond acceptors (Lipinski definition) is 3. The fraction of sp³-hybridized carbons (Fsp3) is 0.615. The number of thiophene rings is 1. The van der Waals surface area contributed by atoms with Gasteiger partial charge in [0.2, 0.25) is 0 Å². The van der Waals surface area contributed by atoms with Crippen LogP contribution in [0.1, 0.15) is 40.4 Å². The van der Waals surface area contributed by atoms with E-state index in [2.05, 4.69) is 19.2 Å². The molecule has 2 rings (SSSR count). The Balaban J connectivity index is 1.85. The number of hydrogen-bond donors (Lipinski definition) is 2. The standard InChI is InChI=1S/C13H19NO2S/c1-8-9(4-11(17-8)12(15)16)6-14-7-10-5-13(10,2)3/h4,10,14H,5-7H2,1-3H3,(H,15,16). The Hall–Kier alpha value is -0.870. The summed E-state index contributed by atoms with van der Waals surface area (Å²) in [5.41, 5.74) is 1.62. The molecule has 0 radical (unpaired) electrons. The van der Waals surface area contributed by atoms with Gasteiger partial charge < -0.3 is 10.4 Å². The lowest BCUT2D eigenvalue weighted by Crippen LogP contribution is -2.18. The van der Waals surface area contributed by atoms with Crippen molar-refractivity contribution in [2.24, 2.45) is 11.3 Å². The summed E-state index contributed by atoms with van der Waals surface area (Å²) in [6, 6.07) is 1.79. The van der Waals surface area contributed by atoms with Crippen molar-refractivity contribution in [1.29, 1.82) is 0 Å². The van der Waals surface area contributed by atoms with E-state index in [1.165, 1.54) is 17.8 Å². The molecule has 1 saturated carbocycles. The van der Waals surface area contributed by atoms with Crippen LogP contribution >= 0.6 is 11.3 Å². The zero-order valence-electron chi connectivity index (χ0n) is 10.5. The van der Waals surface area contributed by atoms with Gasteiger partial charge in [0.25, 0.3) is 0 Å². The third kappa shape index (κ3) is 2.87. The number of carboxylic acids is 1. The number of carbonyl (C=O) groups is 1.